The number of aromatic nitrogens is 3. The van der Waals surface area contributed by atoms with Crippen molar-refractivity contribution in [1.29, 1.82) is 0 Å². The van der Waals surface area contributed by atoms with Crippen LogP contribution in [0.4, 0.5) is 8.78 Å². The van der Waals surface area contributed by atoms with E-state index in [1.165, 1.54) is 25.3 Å². The second-order valence-corrected chi connectivity index (χ2v) is 7.02. The summed E-state index contributed by atoms with van der Waals surface area (Å²) in [6.07, 6.45) is 4.46. The van der Waals surface area contributed by atoms with Crippen molar-refractivity contribution < 1.29 is 23.0 Å². The van der Waals surface area contributed by atoms with E-state index in [0.717, 1.165) is 5.75 Å². The molecule has 2 heterocycles. The van der Waals surface area contributed by atoms with E-state index in [-0.39, 0.29) is 29.0 Å². The Morgan fingerprint density at radius 3 is 2.79 bits per heavy atom. The second-order valence-electron chi connectivity index (χ2n) is 6.04. The van der Waals surface area contributed by atoms with Crippen molar-refractivity contribution in [2.75, 3.05) is 19.1 Å². The zero-order chi connectivity index (χ0) is 20.8. The average Bonchev–Trinajstić information content (AvgIpc) is 3.15. The topological polar surface area (TPSA) is 77.8 Å². The molecule has 1 N–H and O–H groups in total. The first-order chi connectivity index (χ1) is 14.0. The zero-order valence-electron chi connectivity index (χ0n) is 15.8. The van der Waals surface area contributed by atoms with Gasteiger partial charge in [0.1, 0.15) is 0 Å². The Hall–Kier alpha value is -2.88. The van der Waals surface area contributed by atoms with Crippen LogP contribution in [-0.4, -0.2) is 46.2 Å². The van der Waals surface area contributed by atoms with Crippen LogP contribution in [0.15, 0.2) is 42.6 Å². The molecule has 0 fully saturated rings. The van der Waals surface area contributed by atoms with Gasteiger partial charge in [-0.05, 0) is 48.8 Å². The van der Waals surface area contributed by atoms with Crippen LogP contribution in [0.5, 0.6) is 11.5 Å². The lowest BCUT2D eigenvalue weighted by atomic mass is 10.1. The summed E-state index contributed by atoms with van der Waals surface area (Å²) in [4.78, 5) is 12.8. The first-order valence-electron chi connectivity index (χ1n) is 8.75. The lowest BCUT2D eigenvalue weighted by Gasteiger charge is -2.18. The largest absolute Gasteiger partial charge is 0.493 e. The Bertz CT molecular complexity index is 983. The monoisotopic (exact) mass is 422 g/mol. The van der Waals surface area contributed by atoms with Gasteiger partial charge in [-0.15, -0.1) is 10.2 Å². The molecule has 7 nitrogen and oxygen atoms in total. The number of benzene rings is 1. The first-order valence-corrected chi connectivity index (χ1v) is 10.1. The summed E-state index contributed by atoms with van der Waals surface area (Å²) in [6, 6.07) is 9.22. The Morgan fingerprint density at radius 1 is 1.24 bits per heavy atom. The fourth-order valence-corrected chi connectivity index (χ4v) is 3.31. The van der Waals surface area contributed by atoms with Gasteiger partial charge in [-0.1, -0.05) is 6.07 Å². The first kappa shape index (κ1) is 20.8. The van der Waals surface area contributed by atoms with Gasteiger partial charge in [0.2, 0.25) is 0 Å². The third kappa shape index (κ3) is 4.94. The highest BCUT2D eigenvalue weighted by Crippen LogP contribution is 2.30. The van der Waals surface area contributed by atoms with Crippen LogP contribution in [-0.2, 0) is 0 Å². The van der Waals surface area contributed by atoms with E-state index in [4.69, 9.17) is 4.74 Å². The number of nitrogens with zero attached hydrogens (tertiary/aromatic N) is 3. The van der Waals surface area contributed by atoms with E-state index in [0.29, 0.717) is 17.9 Å². The molecule has 0 saturated carbocycles. The standard InChI is InChI=1S/C19H20F2N4O3S/c1-27-15-11-12(6-7-14(15)28-19(20)21)18(26)22-13(8-10-29-2)17-24-23-16-5-3-4-9-25(16)17/h3-7,9,11,13,19H,8,10H2,1-2H3,(H,22,26)/t13-/m0/s1. The maximum absolute atomic E-state index is 12.8. The van der Waals surface area contributed by atoms with Gasteiger partial charge in [-0.2, -0.15) is 20.5 Å². The summed E-state index contributed by atoms with van der Waals surface area (Å²) < 4.78 is 36.3. The molecule has 3 aromatic rings. The summed E-state index contributed by atoms with van der Waals surface area (Å²) in [5, 5.41) is 11.3. The number of pyridine rings is 1. The lowest BCUT2D eigenvalue weighted by molar-refractivity contribution is -0.0512. The molecule has 0 unspecified atom stereocenters. The lowest BCUT2D eigenvalue weighted by Crippen LogP contribution is -2.30. The zero-order valence-corrected chi connectivity index (χ0v) is 16.7. The Balaban J connectivity index is 1.85. The molecule has 10 heteroatoms. The molecule has 29 heavy (non-hydrogen) atoms. The Labute approximate surface area is 170 Å². The summed E-state index contributed by atoms with van der Waals surface area (Å²) in [6.45, 7) is -2.99. The number of thioether (sulfide) groups is 1. The second kappa shape index (κ2) is 9.55. The molecule has 3 rings (SSSR count). The molecule has 0 bridgehead atoms. The Kier molecular flexibility index (Phi) is 6.86. The number of carbonyl (C=O) groups excluding carboxylic acids is 1. The van der Waals surface area contributed by atoms with Crippen LogP contribution in [0.1, 0.15) is 28.6 Å². The number of hydrogen-bond donors (Lipinski definition) is 1. The predicted molar refractivity (Wildman–Crippen MR) is 106 cm³/mol. The van der Waals surface area contributed by atoms with Crippen molar-refractivity contribution in [2.24, 2.45) is 0 Å². The molecular weight excluding hydrogens is 402 g/mol. The molecule has 1 amide bonds. The highest BCUT2D eigenvalue weighted by molar-refractivity contribution is 7.98. The van der Waals surface area contributed by atoms with Crippen molar-refractivity contribution in [3.05, 3.63) is 54.0 Å². The van der Waals surface area contributed by atoms with Crippen molar-refractivity contribution in [3.63, 3.8) is 0 Å². The van der Waals surface area contributed by atoms with E-state index in [9.17, 15) is 13.6 Å². The van der Waals surface area contributed by atoms with Gasteiger partial charge in [-0.3, -0.25) is 9.20 Å². The van der Waals surface area contributed by atoms with Crippen LogP contribution >= 0.6 is 11.8 Å². The van der Waals surface area contributed by atoms with E-state index in [1.54, 1.807) is 11.8 Å². The van der Waals surface area contributed by atoms with Crippen molar-refractivity contribution >= 4 is 23.3 Å². The average molecular weight is 422 g/mol. The molecule has 0 spiro atoms. The van der Waals surface area contributed by atoms with Crippen molar-refractivity contribution in [1.82, 2.24) is 19.9 Å². The number of halogens is 2. The molecule has 1 atom stereocenters. The normalized spacial score (nSPS) is 12.2. The number of alkyl halides is 2. The minimum Gasteiger partial charge on any atom is -0.493 e. The number of fused-ring (bicyclic) bond motifs is 1. The predicted octanol–water partition coefficient (Wildman–Crippen LogP) is 3.56. The molecule has 0 aliphatic rings. The number of rotatable bonds is 9. The van der Waals surface area contributed by atoms with Gasteiger partial charge in [0.25, 0.3) is 5.91 Å². The van der Waals surface area contributed by atoms with Crippen LogP contribution < -0.4 is 14.8 Å². The summed E-state index contributed by atoms with van der Waals surface area (Å²) in [5.74, 6) is 0.947. The number of methoxy groups -OCH3 is 1. The van der Waals surface area contributed by atoms with Crippen molar-refractivity contribution in [2.45, 2.75) is 19.1 Å². The van der Waals surface area contributed by atoms with E-state index in [2.05, 4.69) is 20.3 Å². The van der Waals surface area contributed by atoms with Gasteiger partial charge in [0.05, 0.1) is 13.2 Å². The molecule has 2 aromatic heterocycles. The maximum atomic E-state index is 12.8. The van der Waals surface area contributed by atoms with E-state index in [1.807, 2.05) is 35.1 Å². The fraction of sp³-hybridized carbons (Fsp3) is 0.316. The highest BCUT2D eigenvalue weighted by atomic mass is 32.2. The van der Waals surface area contributed by atoms with Gasteiger partial charge in [0.15, 0.2) is 23.0 Å². The molecule has 0 saturated heterocycles. The molecule has 154 valence electrons. The number of carbonyl (C=O) groups is 1. The molecule has 1 aromatic carbocycles. The molecule has 0 aliphatic heterocycles. The fourth-order valence-electron chi connectivity index (χ4n) is 2.84. The minimum atomic E-state index is -2.99. The Morgan fingerprint density at radius 2 is 2.07 bits per heavy atom. The van der Waals surface area contributed by atoms with Crippen LogP contribution in [0.2, 0.25) is 0 Å². The molecule has 0 radical (unpaired) electrons. The minimum absolute atomic E-state index is 0.0477. The number of nitrogens with one attached hydrogen (secondary N) is 1. The van der Waals surface area contributed by atoms with Gasteiger partial charge < -0.3 is 14.8 Å². The summed E-state index contributed by atoms with van der Waals surface area (Å²) in [5.41, 5.74) is 0.938. The number of hydrogen-bond acceptors (Lipinski definition) is 6. The molecule has 0 aliphatic carbocycles. The molecular formula is C19H20F2N4O3S. The quantitative estimate of drug-likeness (QED) is 0.568. The van der Waals surface area contributed by atoms with E-state index >= 15 is 0 Å². The van der Waals surface area contributed by atoms with Crippen molar-refractivity contribution in [3.8, 4) is 11.5 Å². The highest BCUT2D eigenvalue weighted by Gasteiger charge is 2.22. The SMILES string of the molecule is COc1cc(C(=O)N[C@@H](CCSC)c2nnc3ccccn23)ccc1OC(F)F. The van der Waals surface area contributed by atoms with Gasteiger partial charge >= 0.3 is 6.61 Å². The van der Waals surface area contributed by atoms with Crippen LogP contribution in [0.25, 0.3) is 5.65 Å². The third-order valence-electron chi connectivity index (χ3n) is 4.21. The summed E-state index contributed by atoms with van der Waals surface area (Å²) in [7, 11) is 1.32. The van der Waals surface area contributed by atoms with E-state index < -0.39 is 6.61 Å². The maximum Gasteiger partial charge on any atom is 0.387 e. The van der Waals surface area contributed by atoms with Crippen LogP contribution in [0.3, 0.4) is 0 Å². The third-order valence-corrected chi connectivity index (χ3v) is 4.85. The smallest absolute Gasteiger partial charge is 0.387 e. The number of amides is 1. The van der Waals surface area contributed by atoms with Gasteiger partial charge in [0, 0.05) is 11.8 Å². The summed E-state index contributed by atoms with van der Waals surface area (Å²) >= 11 is 1.65. The van der Waals surface area contributed by atoms with Gasteiger partial charge in [-0.25, -0.2) is 0 Å². The van der Waals surface area contributed by atoms with Crippen LogP contribution in [0, 0.1) is 0 Å². The number of ether oxygens (including phenoxy) is 2.